The number of anilines is 3. The Morgan fingerprint density at radius 3 is 2.54 bits per heavy atom. The zero-order valence-electron chi connectivity index (χ0n) is 14.9. The van der Waals surface area contributed by atoms with E-state index in [9.17, 15) is 19.3 Å². The summed E-state index contributed by atoms with van der Waals surface area (Å²) in [5.74, 6) is -0.694. The van der Waals surface area contributed by atoms with Gasteiger partial charge in [-0.1, -0.05) is 6.07 Å². The van der Waals surface area contributed by atoms with Crippen LogP contribution in [0.5, 0.6) is 0 Å². The van der Waals surface area contributed by atoms with Gasteiger partial charge >= 0.3 is 6.09 Å². The van der Waals surface area contributed by atoms with Gasteiger partial charge in [-0.3, -0.25) is 15.0 Å². The van der Waals surface area contributed by atoms with Gasteiger partial charge in [-0.25, -0.2) is 9.18 Å². The molecule has 0 unspecified atom stereocenters. The maximum atomic E-state index is 13.3. The van der Waals surface area contributed by atoms with Gasteiger partial charge in [-0.2, -0.15) is 0 Å². The van der Waals surface area contributed by atoms with Crippen molar-refractivity contribution in [2.75, 3.05) is 17.3 Å². The van der Waals surface area contributed by atoms with Gasteiger partial charge in [-0.05, 0) is 51.1 Å². The Bertz CT molecular complexity index is 833. The number of carbonyl (C=O) groups is 1. The highest BCUT2D eigenvalue weighted by atomic mass is 19.1. The molecule has 0 atom stereocenters. The van der Waals surface area contributed by atoms with Crippen LogP contribution in [0.2, 0.25) is 0 Å². The molecule has 0 saturated carbocycles. The highest BCUT2D eigenvalue weighted by molar-refractivity contribution is 5.88. The largest absolute Gasteiger partial charge is 0.443 e. The minimum absolute atomic E-state index is 0.147. The Morgan fingerprint density at radius 2 is 1.92 bits per heavy atom. The summed E-state index contributed by atoms with van der Waals surface area (Å²) in [7, 11) is 1.56. The molecule has 0 saturated heterocycles. The van der Waals surface area contributed by atoms with Crippen LogP contribution in [-0.4, -0.2) is 23.7 Å². The summed E-state index contributed by atoms with van der Waals surface area (Å²) in [6, 6.07) is 9.97. The molecule has 0 aliphatic heterocycles. The second-order valence-corrected chi connectivity index (χ2v) is 6.63. The van der Waals surface area contributed by atoms with E-state index in [0.717, 1.165) is 12.1 Å². The Labute approximate surface area is 150 Å². The number of hydrogen-bond acceptors (Lipinski definition) is 5. The van der Waals surface area contributed by atoms with Crippen LogP contribution >= 0.6 is 0 Å². The third kappa shape index (κ3) is 4.92. The Balaban J connectivity index is 2.25. The van der Waals surface area contributed by atoms with Crippen LogP contribution in [0.1, 0.15) is 20.8 Å². The lowest BCUT2D eigenvalue weighted by molar-refractivity contribution is -0.384. The number of nitrogens with one attached hydrogen (secondary N) is 1. The van der Waals surface area contributed by atoms with E-state index in [1.54, 1.807) is 52.1 Å². The first-order chi connectivity index (χ1) is 12.1. The van der Waals surface area contributed by atoms with E-state index in [4.69, 9.17) is 4.74 Å². The molecule has 1 N–H and O–H groups in total. The van der Waals surface area contributed by atoms with Crippen molar-refractivity contribution in [2.45, 2.75) is 26.4 Å². The minimum atomic E-state index is -0.694. The Hall–Kier alpha value is -3.16. The summed E-state index contributed by atoms with van der Waals surface area (Å²) < 4.78 is 18.6. The molecule has 0 radical (unpaired) electrons. The fourth-order valence-electron chi connectivity index (χ4n) is 2.15. The lowest BCUT2D eigenvalue weighted by Gasteiger charge is -2.25. The van der Waals surface area contributed by atoms with E-state index in [2.05, 4.69) is 5.32 Å². The molecule has 2 rings (SSSR count). The molecular weight excluding hydrogens is 341 g/mol. The molecule has 0 spiro atoms. The molecular formula is C18H20FN3O4. The van der Waals surface area contributed by atoms with Gasteiger partial charge in [0.1, 0.15) is 17.1 Å². The van der Waals surface area contributed by atoms with E-state index in [0.29, 0.717) is 11.4 Å². The van der Waals surface area contributed by atoms with Crippen molar-refractivity contribution in [1.29, 1.82) is 0 Å². The van der Waals surface area contributed by atoms with Gasteiger partial charge in [0.15, 0.2) is 0 Å². The normalized spacial score (nSPS) is 11.0. The quantitative estimate of drug-likeness (QED) is 0.621. The molecule has 1 amide bonds. The minimum Gasteiger partial charge on any atom is -0.443 e. The van der Waals surface area contributed by atoms with Crippen molar-refractivity contribution in [3.05, 3.63) is 58.4 Å². The summed E-state index contributed by atoms with van der Waals surface area (Å²) in [5, 5.41) is 14.0. The monoisotopic (exact) mass is 361 g/mol. The van der Waals surface area contributed by atoms with Crippen LogP contribution < -0.4 is 10.2 Å². The molecule has 0 aliphatic carbocycles. The van der Waals surface area contributed by atoms with Crippen molar-refractivity contribution in [1.82, 2.24) is 0 Å². The average molecular weight is 361 g/mol. The molecule has 0 aromatic heterocycles. The second kappa shape index (κ2) is 7.38. The number of nitro groups is 1. The first-order valence-corrected chi connectivity index (χ1v) is 7.84. The summed E-state index contributed by atoms with van der Waals surface area (Å²) in [5.41, 5.74) is 0.182. The predicted octanol–water partition coefficient (Wildman–Crippen LogP) is 4.85. The first kappa shape index (κ1) is 19.2. The summed E-state index contributed by atoms with van der Waals surface area (Å²) in [6.07, 6.45) is -0.526. The van der Waals surface area contributed by atoms with Gasteiger partial charge in [-0.15, -0.1) is 0 Å². The van der Waals surface area contributed by atoms with Crippen molar-refractivity contribution < 1.29 is 18.8 Å². The van der Waals surface area contributed by atoms with E-state index < -0.39 is 22.4 Å². The maximum absolute atomic E-state index is 13.3. The third-order valence-electron chi connectivity index (χ3n) is 3.34. The van der Waals surface area contributed by atoms with Crippen LogP contribution in [0.4, 0.5) is 31.9 Å². The predicted molar refractivity (Wildman–Crippen MR) is 97.4 cm³/mol. The Morgan fingerprint density at radius 1 is 1.23 bits per heavy atom. The molecule has 0 fully saturated rings. The van der Waals surface area contributed by atoms with E-state index in [1.807, 2.05) is 0 Å². The number of benzene rings is 2. The van der Waals surface area contributed by atoms with Crippen LogP contribution in [0.25, 0.3) is 0 Å². The zero-order valence-corrected chi connectivity index (χ0v) is 14.9. The number of carbonyl (C=O) groups excluding carboxylic acids is 1. The number of ether oxygens (including phenoxy) is 1. The zero-order chi connectivity index (χ0) is 19.5. The van der Waals surface area contributed by atoms with Crippen molar-refractivity contribution >= 4 is 28.8 Å². The van der Waals surface area contributed by atoms with E-state index >= 15 is 0 Å². The highest BCUT2D eigenvalue weighted by Crippen LogP contribution is 2.30. The third-order valence-corrected chi connectivity index (χ3v) is 3.34. The molecule has 0 bridgehead atoms. The summed E-state index contributed by atoms with van der Waals surface area (Å²) in [6.45, 7) is 5.30. The molecule has 0 heterocycles. The van der Waals surface area contributed by atoms with Crippen LogP contribution in [0, 0.1) is 15.9 Å². The van der Waals surface area contributed by atoms with Crippen molar-refractivity contribution in [2.24, 2.45) is 0 Å². The van der Waals surface area contributed by atoms with E-state index in [1.165, 1.54) is 11.0 Å². The molecule has 2 aromatic carbocycles. The number of hydrogen-bond donors (Lipinski definition) is 1. The van der Waals surface area contributed by atoms with Crippen molar-refractivity contribution in [3.8, 4) is 0 Å². The topological polar surface area (TPSA) is 84.7 Å². The maximum Gasteiger partial charge on any atom is 0.414 e. The number of nitro benzene ring substituents is 1. The van der Waals surface area contributed by atoms with Crippen LogP contribution in [-0.2, 0) is 4.74 Å². The standard InChI is InChI=1S/C18H20FN3O4/c1-18(2,3)26-17(23)21(4)14-7-5-6-13(11-14)20-15-9-8-12(19)10-16(15)22(24)25/h5-11,20H,1-4H3. The highest BCUT2D eigenvalue weighted by Gasteiger charge is 2.21. The molecule has 0 aliphatic rings. The number of amides is 1. The molecule has 8 heteroatoms. The smallest absolute Gasteiger partial charge is 0.414 e. The summed E-state index contributed by atoms with van der Waals surface area (Å²) >= 11 is 0. The molecule has 2 aromatic rings. The molecule has 138 valence electrons. The van der Waals surface area contributed by atoms with Gasteiger partial charge in [0.25, 0.3) is 5.69 Å². The SMILES string of the molecule is CN(C(=O)OC(C)(C)C)c1cccc(Nc2ccc(F)cc2[N+](=O)[O-])c1. The van der Waals surface area contributed by atoms with Gasteiger partial charge < -0.3 is 10.1 Å². The first-order valence-electron chi connectivity index (χ1n) is 7.84. The molecule has 26 heavy (non-hydrogen) atoms. The fourth-order valence-corrected chi connectivity index (χ4v) is 2.15. The number of halogens is 1. The van der Waals surface area contributed by atoms with Gasteiger partial charge in [0, 0.05) is 18.4 Å². The second-order valence-electron chi connectivity index (χ2n) is 6.63. The molecule has 7 nitrogen and oxygen atoms in total. The van der Waals surface area contributed by atoms with Gasteiger partial charge in [0.2, 0.25) is 0 Å². The van der Waals surface area contributed by atoms with Crippen LogP contribution in [0.15, 0.2) is 42.5 Å². The average Bonchev–Trinajstić information content (AvgIpc) is 2.54. The lowest BCUT2D eigenvalue weighted by atomic mass is 10.2. The fraction of sp³-hybridized carbons (Fsp3) is 0.278. The van der Waals surface area contributed by atoms with Crippen LogP contribution in [0.3, 0.4) is 0 Å². The van der Waals surface area contributed by atoms with Crippen molar-refractivity contribution in [3.63, 3.8) is 0 Å². The Kier molecular flexibility index (Phi) is 5.44. The summed E-state index contributed by atoms with van der Waals surface area (Å²) in [4.78, 5) is 23.9. The van der Waals surface area contributed by atoms with E-state index in [-0.39, 0.29) is 11.4 Å². The lowest BCUT2D eigenvalue weighted by Crippen LogP contribution is -2.34. The number of rotatable bonds is 4. The number of nitrogens with zero attached hydrogens (tertiary/aromatic N) is 2. The van der Waals surface area contributed by atoms with Gasteiger partial charge in [0.05, 0.1) is 11.0 Å².